The Morgan fingerprint density at radius 2 is 0.719 bits per heavy atom. The van der Waals surface area contributed by atoms with Crippen LogP contribution in [0.3, 0.4) is 0 Å². The van der Waals surface area contributed by atoms with Crippen LogP contribution in [-0.2, 0) is 0 Å². The van der Waals surface area contributed by atoms with Crippen molar-refractivity contribution in [3.05, 3.63) is 122 Å². The SMILES string of the molecule is c1ccc(N(c2cccc(N(c3ccccn3)c3ccccn3)c2)c2ccccn2)nc1. The van der Waals surface area contributed by atoms with Gasteiger partial charge in [-0.05, 0) is 66.7 Å². The highest BCUT2D eigenvalue weighted by molar-refractivity contribution is 5.79. The Labute approximate surface area is 186 Å². The predicted molar refractivity (Wildman–Crippen MR) is 127 cm³/mol. The first-order valence-electron chi connectivity index (χ1n) is 10.2. The molecule has 154 valence electrons. The van der Waals surface area contributed by atoms with Crippen molar-refractivity contribution in [2.75, 3.05) is 9.80 Å². The zero-order chi connectivity index (χ0) is 21.6. The lowest BCUT2D eigenvalue weighted by molar-refractivity contribution is 1.11. The first kappa shape index (κ1) is 19.4. The number of nitrogens with zero attached hydrogens (tertiary/aromatic N) is 6. The fourth-order valence-electron chi connectivity index (χ4n) is 3.48. The molecule has 1 aromatic carbocycles. The molecule has 4 aromatic heterocycles. The van der Waals surface area contributed by atoms with Crippen LogP contribution in [-0.4, -0.2) is 19.9 Å². The van der Waals surface area contributed by atoms with Gasteiger partial charge in [-0.25, -0.2) is 19.9 Å². The van der Waals surface area contributed by atoms with Crippen molar-refractivity contribution < 1.29 is 0 Å². The van der Waals surface area contributed by atoms with E-state index in [1.165, 1.54) is 0 Å². The number of aromatic nitrogens is 4. The van der Waals surface area contributed by atoms with Crippen molar-refractivity contribution in [1.29, 1.82) is 0 Å². The molecule has 6 nitrogen and oxygen atoms in total. The molecule has 5 rings (SSSR count). The van der Waals surface area contributed by atoms with Gasteiger partial charge in [0.05, 0.1) is 11.4 Å². The number of benzene rings is 1. The minimum atomic E-state index is 0.783. The topological polar surface area (TPSA) is 58.0 Å². The highest BCUT2D eigenvalue weighted by atomic mass is 15.3. The van der Waals surface area contributed by atoms with Crippen LogP contribution < -0.4 is 9.80 Å². The number of pyridine rings is 4. The Hall–Kier alpha value is -4.58. The smallest absolute Gasteiger partial charge is 0.138 e. The van der Waals surface area contributed by atoms with E-state index in [1.807, 2.05) is 101 Å². The number of hydrogen-bond donors (Lipinski definition) is 0. The van der Waals surface area contributed by atoms with Crippen molar-refractivity contribution in [1.82, 2.24) is 19.9 Å². The zero-order valence-corrected chi connectivity index (χ0v) is 17.2. The Kier molecular flexibility index (Phi) is 5.49. The average molecular weight is 416 g/mol. The third-order valence-electron chi connectivity index (χ3n) is 4.86. The molecule has 0 spiro atoms. The van der Waals surface area contributed by atoms with Crippen LogP contribution in [0, 0.1) is 0 Å². The third kappa shape index (κ3) is 4.02. The van der Waals surface area contributed by atoms with E-state index < -0.39 is 0 Å². The van der Waals surface area contributed by atoms with Crippen molar-refractivity contribution in [3.63, 3.8) is 0 Å². The molecule has 0 aliphatic heterocycles. The fraction of sp³-hybridized carbons (Fsp3) is 0. The number of hydrogen-bond acceptors (Lipinski definition) is 6. The largest absolute Gasteiger partial charge is 0.279 e. The highest BCUT2D eigenvalue weighted by Crippen LogP contribution is 2.37. The fourth-order valence-corrected chi connectivity index (χ4v) is 3.48. The molecule has 0 radical (unpaired) electrons. The van der Waals surface area contributed by atoms with Gasteiger partial charge in [0.15, 0.2) is 0 Å². The molecule has 0 saturated carbocycles. The van der Waals surface area contributed by atoms with E-state index in [2.05, 4.69) is 26.0 Å². The van der Waals surface area contributed by atoms with Gasteiger partial charge in [-0.1, -0.05) is 30.3 Å². The van der Waals surface area contributed by atoms with Crippen LogP contribution in [0.15, 0.2) is 122 Å². The summed E-state index contributed by atoms with van der Waals surface area (Å²) in [4.78, 5) is 22.3. The van der Waals surface area contributed by atoms with Crippen molar-refractivity contribution in [2.24, 2.45) is 0 Å². The Morgan fingerprint density at radius 1 is 0.375 bits per heavy atom. The maximum atomic E-state index is 4.57. The third-order valence-corrected chi connectivity index (χ3v) is 4.86. The minimum absolute atomic E-state index is 0.783. The quantitative estimate of drug-likeness (QED) is 0.328. The molecule has 0 N–H and O–H groups in total. The van der Waals surface area contributed by atoms with Gasteiger partial charge in [0, 0.05) is 24.8 Å². The molecule has 0 saturated heterocycles. The van der Waals surface area contributed by atoms with Crippen molar-refractivity contribution in [2.45, 2.75) is 0 Å². The van der Waals surface area contributed by atoms with E-state index in [0.29, 0.717) is 0 Å². The standard InChI is InChI=1S/C26H20N6/c1-5-16-27-23(12-1)31(24-13-2-6-17-28-24)21-10-9-11-22(20-21)32(25-14-3-7-18-29-25)26-15-4-8-19-30-26/h1-20H. The first-order valence-corrected chi connectivity index (χ1v) is 10.2. The Bertz CT molecular complexity index is 1090. The van der Waals surface area contributed by atoms with E-state index >= 15 is 0 Å². The predicted octanol–water partition coefficient (Wildman–Crippen LogP) is 6.21. The summed E-state index contributed by atoms with van der Waals surface area (Å²) in [7, 11) is 0. The summed E-state index contributed by atoms with van der Waals surface area (Å²) < 4.78 is 0. The molecule has 5 aromatic rings. The lowest BCUT2D eigenvalue weighted by atomic mass is 10.2. The molecule has 0 unspecified atom stereocenters. The Morgan fingerprint density at radius 3 is 1.00 bits per heavy atom. The summed E-state index contributed by atoms with van der Waals surface area (Å²) in [6, 6.07) is 31.6. The average Bonchev–Trinajstić information content (AvgIpc) is 2.87. The number of anilines is 6. The second-order valence-corrected chi connectivity index (χ2v) is 6.94. The molecule has 6 heteroatoms. The summed E-state index contributed by atoms with van der Waals surface area (Å²) in [5, 5.41) is 0. The van der Waals surface area contributed by atoms with Gasteiger partial charge in [0.25, 0.3) is 0 Å². The van der Waals surface area contributed by atoms with Crippen molar-refractivity contribution in [3.8, 4) is 0 Å². The first-order chi connectivity index (χ1) is 15.9. The van der Waals surface area contributed by atoms with Crippen LogP contribution in [0.1, 0.15) is 0 Å². The normalized spacial score (nSPS) is 10.5. The van der Waals surface area contributed by atoms with Gasteiger partial charge in [-0.2, -0.15) is 0 Å². The molecule has 4 heterocycles. The van der Waals surface area contributed by atoms with Crippen LogP contribution in [0.2, 0.25) is 0 Å². The molecule has 32 heavy (non-hydrogen) atoms. The van der Waals surface area contributed by atoms with Gasteiger partial charge < -0.3 is 0 Å². The van der Waals surface area contributed by atoms with Crippen molar-refractivity contribution >= 4 is 34.6 Å². The van der Waals surface area contributed by atoms with Crippen LogP contribution in [0.5, 0.6) is 0 Å². The molecule has 0 atom stereocenters. The van der Waals surface area contributed by atoms with E-state index in [4.69, 9.17) is 0 Å². The van der Waals surface area contributed by atoms with E-state index in [0.717, 1.165) is 34.6 Å². The highest BCUT2D eigenvalue weighted by Gasteiger charge is 2.18. The van der Waals surface area contributed by atoms with Crippen LogP contribution in [0.25, 0.3) is 0 Å². The summed E-state index contributed by atoms with van der Waals surface area (Å²) >= 11 is 0. The molecule has 0 amide bonds. The van der Waals surface area contributed by atoms with E-state index in [1.54, 1.807) is 24.8 Å². The molecule has 0 aliphatic carbocycles. The lowest BCUT2D eigenvalue weighted by Gasteiger charge is -2.26. The maximum absolute atomic E-state index is 4.57. The Balaban J connectivity index is 1.65. The molecule has 0 fully saturated rings. The van der Waals surface area contributed by atoms with Gasteiger partial charge in [0.2, 0.25) is 0 Å². The second kappa shape index (κ2) is 9.06. The summed E-state index contributed by atoms with van der Waals surface area (Å²) in [5.41, 5.74) is 1.86. The molecule has 0 bridgehead atoms. The minimum Gasteiger partial charge on any atom is -0.279 e. The molecule has 0 aliphatic rings. The van der Waals surface area contributed by atoms with Gasteiger partial charge >= 0.3 is 0 Å². The zero-order valence-electron chi connectivity index (χ0n) is 17.2. The summed E-state index contributed by atoms with van der Waals surface area (Å²) in [5.74, 6) is 3.13. The van der Waals surface area contributed by atoms with Crippen LogP contribution in [0.4, 0.5) is 34.6 Å². The summed E-state index contributed by atoms with van der Waals surface area (Å²) in [6.07, 6.45) is 7.12. The van der Waals surface area contributed by atoms with E-state index in [-0.39, 0.29) is 0 Å². The summed E-state index contributed by atoms with van der Waals surface area (Å²) in [6.45, 7) is 0. The maximum Gasteiger partial charge on any atom is 0.138 e. The lowest BCUT2D eigenvalue weighted by Crippen LogP contribution is -2.15. The second-order valence-electron chi connectivity index (χ2n) is 6.94. The van der Waals surface area contributed by atoms with Gasteiger partial charge in [-0.3, -0.25) is 9.80 Å². The van der Waals surface area contributed by atoms with E-state index in [9.17, 15) is 0 Å². The monoisotopic (exact) mass is 416 g/mol. The van der Waals surface area contributed by atoms with Gasteiger partial charge in [-0.15, -0.1) is 0 Å². The van der Waals surface area contributed by atoms with Gasteiger partial charge in [0.1, 0.15) is 23.3 Å². The molecular weight excluding hydrogens is 396 g/mol. The molecular formula is C26H20N6. The number of rotatable bonds is 6. The van der Waals surface area contributed by atoms with Crippen LogP contribution >= 0.6 is 0 Å².